The van der Waals surface area contributed by atoms with E-state index in [0.29, 0.717) is 5.69 Å². The Morgan fingerprint density at radius 1 is 1.09 bits per heavy atom. The second kappa shape index (κ2) is 9.82. The number of aromatic amines is 1. The normalized spacial score (nSPS) is 14.3. The van der Waals surface area contributed by atoms with E-state index in [4.69, 9.17) is 4.74 Å². The number of carbonyl (C=O) groups excluding carboxylic acids is 3. The molecule has 1 aliphatic carbocycles. The summed E-state index contributed by atoms with van der Waals surface area (Å²) >= 11 is 0. The van der Waals surface area contributed by atoms with Crippen molar-refractivity contribution < 1.29 is 19.1 Å². The number of amides is 3. The van der Waals surface area contributed by atoms with E-state index in [-0.39, 0.29) is 24.2 Å². The molecule has 3 amide bonds. The molecule has 35 heavy (non-hydrogen) atoms. The molecule has 3 aromatic rings. The molecular weight excluding hydrogens is 444 g/mol. The van der Waals surface area contributed by atoms with Crippen molar-refractivity contribution in [2.45, 2.75) is 51.7 Å². The molecule has 3 N–H and O–H groups in total. The number of benzene rings is 2. The molecule has 8 heteroatoms. The van der Waals surface area contributed by atoms with Gasteiger partial charge in [-0.25, -0.2) is 4.79 Å². The Bertz CT molecular complexity index is 1220. The van der Waals surface area contributed by atoms with E-state index < -0.39 is 17.7 Å². The minimum Gasteiger partial charge on any atom is -0.444 e. The fourth-order valence-electron chi connectivity index (χ4n) is 3.91. The predicted molar refractivity (Wildman–Crippen MR) is 136 cm³/mol. The Kier molecular flexibility index (Phi) is 6.82. The van der Waals surface area contributed by atoms with E-state index in [1.807, 2.05) is 30.5 Å². The molecule has 2 aromatic carbocycles. The molecule has 0 saturated heterocycles. The topological polar surface area (TPSA) is 104 Å². The number of hydrogen-bond acceptors (Lipinski definition) is 4. The molecule has 184 valence electrons. The van der Waals surface area contributed by atoms with Crippen molar-refractivity contribution in [2.24, 2.45) is 5.92 Å². The highest BCUT2D eigenvalue weighted by atomic mass is 16.6. The number of ether oxygens (including phenoxy) is 1. The van der Waals surface area contributed by atoms with Gasteiger partial charge in [0.1, 0.15) is 11.6 Å². The molecule has 4 rings (SSSR count). The van der Waals surface area contributed by atoms with Gasteiger partial charge in [0.2, 0.25) is 11.8 Å². The van der Waals surface area contributed by atoms with E-state index >= 15 is 0 Å². The summed E-state index contributed by atoms with van der Waals surface area (Å²) in [4.78, 5) is 42.9. The molecule has 0 spiro atoms. The fourth-order valence-corrected chi connectivity index (χ4v) is 3.91. The predicted octanol–water partition coefficient (Wildman–Crippen LogP) is 4.62. The van der Waals surface area contributed by atoms with E-state index in [9.17, 15) is 14.4 Å². The fraction of sp³-hybridized carbons (Fsp3) is 0.370. The zero-order valence-electron chi connectivity index (χ0n) is 20.6. The van der Waals surface area contributed by atoms with E-state index in [1.165, 1.54) is 0 Å². The van der Waals surface area contributed by atoms with Crippen LogP contribution in [-0.4, -0.2) is 41.6 Å². The van der Waals surface area contributed by atoms with Gasteiger partial charge in [-0.3, -0.25) is 9.59 Å². The van der Waals surface area contributed by atoms with Gasteiger partial charge in [-0.2, -0.15) is 0 Å². The molecule has 1 saturated carbocycles. The van der Waals surface area contributed by atoms with Crippen LogP contribution in [0, 0.1) is 5.92 Å². The maximum absolute atomic E-state index is 13.2. The van der Waals surface area contributed by atoms with Crippen LogP contribution in [0.3, 0.4) is 0 Å². The molecule has 1 atom stereocenters. The maximum Gasteiger partial charge on any atom is 0.408 e. The Balaban J connectivity index is 1.49. The van der Waals surface area contributed by atoms with E-state index in [0.717, 1.165) is 35.0 Å². The lowest BCUT2D eigenvalue weighted by atomic mass is 10.0. The van der Waals surface area contributed by atoms with Crippen LogP contribution >= 0.6 is 0 Å². The first kappa shape index (κ1) is 24.3. The van der Waals surface area contributed by atoms with Crippen molar-refractivity contribution in [2.75, 3.05) is 17.3 Å². The van der Waals surface area contributed by atoms with Crippen molar-refractivity contribution in [3.63, 3.8) is 0 Å². The van der Waals surface area contributed by atoms with Crippen LogP contribution in [0.25, 0.3) is 10.9 Å². The summed E-state index contributed by atoms with van der Waals surface area (Å²) in [6.07, 6.45) is 3.36. The van der Waals surface area contributed by atoms with Crippen LogP contribution < -0.4 is 15.5 Å². The number of para-hydroxylation sites is 1. The number of carbonyl (C=O) groups is 3. The van der Waals surface area contributed by atoms with Gasteiger partial charge in [0.05, 0.1) is 0 Å². The van der Waals surface area contributed by atoms with Gasteiger partial charge in [-0.15, -0.1) is 0 Å². The number of rotatable bonds is 7. The molecule has 1 heterocycles. The molecule has 8 nitrogen and oxygen atoms in total. The van der Waals surface area contributed by atoms with E-state index in [2.05, 4.69) is 15.6 Å². The molecule has 1 aliphatic rings. The number of aromatic nitrogens is 1. The standard InChI is InChI=1S/C27H32N4O4/c1-27(2,3)35-26(34)30-23(15-18-16-28-22-8-6-5-7-21(18)22)24(32)29-19-11-13-20(14-12-19)31(4)25(33)17-9-10-17/h5-8,11-14,16-17,23,28H,9-10,15H2,1-4H3,(H,29,32)(H,30,34)/t23-/m0/s1. The summed E-state index contributed by atoms with van der Waals surface area (Å²) < 4.78 is 5.39. The van der Waals surface area contributed by atoms with Crippen LogP contribution in [0.2, 0.25) is 0 Å². The number of nitrogens with zero attached hydrogens (tertiary/aromatic N) is 1. The van der Waals surface area contributed by atoms with Crippen LogP contribution in [0.4, 0.5) is 16.2 Å². The third-order valence-corrected chi connectivity index (χ3v) is 5.89. The highest BCUT2D eigenvalue weighted by Crippen LogP contribution is 2.32. The van der Waals surface area contributed by atoms with Crippen molar-refractivity contribution in [1.82, 2.24) is 10.3 Å². The van der Waals surface area contributed by atoms with Crippen LogP contribution in [-0.2, 0) is 20.7 Å². The lowest BCUT2D eigenvalue weighted by Gasteiger charge is -2.23. The summed E-state index contributed by atoms with van der Waals surface area (Å²) in [6.45, 7) is 5.32. The van der Waals surface area contributed by atoms with Crippen molar-refractivity contribution >= 4 is 40.2 Å². The largest absolute Gasteiger partial charge is 0.444 e. The number of alkyl carbamates (subject to hydrolysis) is 1. The monoisotopic (exact) mass is 476 g/mol. The number of H-pyrrole nitrogens is 1. The number of anilines is 2. The van der Waals surface area contributed by atoms with Gasteiger partial charge in [0, 0.05) is 47.9 Å². The molecule has 0 bridgehead atoms. The number of fused-ring (bicyclic) bond motifs is 1. The van der Waals surface area contributed by atoms with Gasteiger partial charge >= 0.3 is 6.09 Å². The highest BCUT2D eigenvalue weighted by Gasteiger charge is 2.32. The first-order chi connectivity index (χ1) is 16.6. The number of hydrogen-bond donors (Lipinski definition) is 3. The van der Waals surface area contributed by atoms with E-state index in [1.54, 1.807) is 57.0 Å². The molecule has 1 fully saturated rings. The third kappa shape index (κ3) is 6.20. The summed E-state index contributed by atoms with van der Waals surface area (Å²) in [6, 6.07) is 14.0. The number of nitrogens with one attached hydrogen (secondary N) is 3. The molecule has 0 radical (unpaired) electrons. The summed E-state index contributed by atoms with van der Waals surface area (Å²) in [7, 11) is 1.76. The second-order valence-corrected chi connectivity index (χ2v) is 9.97. The Hall–Kier alpha value is -3.81. The first-order valence-corrected chi connectivity index (χ1v) is 11.8. The third-order valence-electron chi connectivity index (χ3n) is 5.89. The van der Waals surface area contributed by atoms with Gasteiger partial charge < -0.3 is 25.3 Å². The molecule has 0 aliphatic heterocycles. The zero-order valence-corrected chi connectivity index (χ0v) is 20.6. The van der Waals surface area contributed by atoms with Gasteiger partial charge in [-0.1, -0.05) is 18.2 Å². The highest BCUT2D eigenvalue weighted by molar-refractivity contribution is 5.98. The van der Waals surface area contributed by atoms with Gasteiger partial charge in [0.15, 0.2) is 0 Å². The lowest BCUT2D eigenvalue weighted by molar-refractivity contribution is -0.119. The second-order valence-electron chi connectivity index (χ2n) is 9.97. The Labute approximate surface area is 205 Å². The van der Waals surface area contributed by atoms with Crippen molar-refractivity contribution in [3.05, 3.63) is 60.3 Å². The van der Waals surface area contributed by atoms with Crippen LogP contribution in [0.15, 0.2) is 54.7 Å². The lowest BCUT2D eigenvalue weighted by Crippen LogP contribution is -2.47. The Morgan fingerprint density at radius 3 is 2.43 bits per heavy atom. The smallest absolute Gasteiger partial charge is 0.408 e. The average Bonchev–Trinajstić information content (AvgIpc) is 3.58. The summed E-state index contributed by atoms with van der Waals surface area (Å²) in [5.74, 6) is -0.123. The van der Waals surface area contributed by atoms with Crippen LogP contribution in [0.5, 0.6) is 0 Å². The zero-order chi connectivity index (χ0) is 25.2. The van der Waals surface area contributed by atoms with Gasteiger partial charge in [-0.05, 0) is 69.5 Å². The minimum absolute atomic E-state index is 0.113. The van der Waals surface area contributed by atoms with Crippen molar-refractivity contribution in [3.8, 4) is 0 Å². The average molecular weight is 477 g/mol. The quantitative estimate of drug-likeness (QED) is 0.463. The SMILES string of the molecule is CN(C(=O)C1CC1)c1ccc(NC(=O)[C@H](Cc2c[nH]c3ccccc23)NC(=O)OC(C)(C)C)cc1. The summed E-state index contributed by atoms with van der Waals surface area (Å²) in [5, 5.41) is 6.59. The van der Waals surface area contributed by atoms with Gasteiger partial charge in [0.25, 0.3) is 0 Å². The molecule has 1 aromatic heterocycles. The minimum atomic E-state index is -0.858. The van der Waals surface area contributed by atoms with Crippen LogP contribution in [0.1, 0.15) is 39.2 Å². The maximum atomic E-state index is 13.2. The first-order valence-electron chi connectivity index (χ1n) is 11.8. The molecular formula is C27H32N4O4. The van der Waals surface area contributed by atoms with Crippen molar-refractivity contribution in [1.29, 1.82) is 0 Å². The molecule has 0 unspecified atom stereocenters. The Morgan fingerprint density at radius 2 is 1.77 bits per heavy atom. The summed E-state index contributed by atoms with van der Waals surface area (Å²) in [5.41, 5.74) is 2.51.